The average Bonchev–Trinajstić information content (AvgIpc) is 2.94. The number of alkyl carbamates (subject to hydrolysis) is 1. The molecule has 226 valence electrons. The van der Waals surface area contributed by atoms with E-state index in [9.17, 15) is 14.0 Å². The van der Waals surface area contributed by atoms with E-state index < -0.39 is 29.1 Å². The second kappa shape index (κ2) is 15.2. The van der Waals surface area contributed by atoms with Crippen LogP contribution in [0.2, 0.25) is 5.02 Å². The first-order valence-corrected chi connectivity index (χ1v) is 14.6. The number of ether oxygens (including phenoxy) is 3. The molecular weight excluding hydrogens is 557 g/mol. The summed E-state index contributed by atoms with van der Waals surface area (Å²) in [6, 6.07) is 21.1. The van der Waals surface area contributed by atoms with Gasteiger partial charge in [-0.1, -0.05) is 66.2 Å². The van der Waals surface area contributed by atoms with Gasteiger partial charge in [0.25, 0.3) is 0 Å². The van der Waals surface area contributed by atoms with Crippen molar-refractivity contribution in [2.75, 3.05) is 13.2 Å². The zero-order valence-corrected chi connectivity index (χ0v) is 25.8. The predicted octanol–water partition coefficient (Wildman–Crippen LogP) is 8.15. The number of amides is 1. The van der Waals surface area contributed by atoms with Gasteiger partial charge < -0.3 is 19.5 Å². The Hall–Kier alpha value is -3.42. The molecule has 0 aliphatic heterocycles. The van der Waals surface area contributed by atoms with Crippen LogP contribution in [-0.2, 0) is 32.0 Å². The van der Waals surface area contributed by atoms with Gasteiger partial charge in [-0.2, -0.15) is 0 Å². The molecule has 0 spiro atoms. The van der Waals surface area contributed by atoms with Gasteiger partial charge in [-0.15, -0.1) is 0 Å². The maximum atomic E-state index is 14.4. The highest BCUT2D eigenvalue weighted by molar-refractivity contribution is 6.30. The molecule has 0 fully saturated rings. The quantitative estimate of drug-likeness (QED) is 0.201. The Morgan fingerprint density at radius 1 is 0.952 bits per heavy atom. The Kier molecular flexibility index (Phi) is 11.9. The molecular formula is C34H41ClFNO5. The second-order valence-electron chi connectivity index (χ2n) is 11.7. The third-order valence-electron chi connectivity index (χ3n) is 6.72. The highest BCUT2D eigenvalue weighted by Gasteiger charge is 2.38. The fourth-order valence-corrected chi connectivity index (χ4v) is 4.75. The molecule has 0 aliphatic carbocycles. The predicted molar refractivity (Wildman–Crippen MR) is 164 cm³/mol. The molecule has 0 aliphatic rings. The van der Waals surface area contributed by atoms with E-state index in [4.69, 9.17) is 25.8 Å². The van der Waals surface area contributed by atoms with Crippen LogP contribution in [0.4, 0.5) is 9.18 Å². The lowest BCUT2D eigenvalue weighted by Crippen LogP contribution is -2.45. The maximum absolute atomic E-state index is 14.4. The normalized spacial score (nSPS) is 13.6. The van der Waals surface area contributed by atoms with E-state index in [-0.39, 0.29) is 25.5 Å². The highest BCUT2D eigenvalue weighted by Crippen LogP contribution is 2.30. The number of rotatable bonds is 13. The van der Waals surface area contributed by atoms with E-state index in [1.165, 1.54) is 12.1 Å². The van der Waals surface area contributed by atoms with Gasteiger partial charge in [-0.05, 0) is 88.8 Å². The molecule has 6 nitrogen and oxygen atoms in total. The fourth-order valence-electron chi connectivity index (χ4n) is 4.58. The highest BCUT2D eigenvalue weighted by atomic mass is 35.5. The molecule has 2 atom stereocenters. The number of benzene rings is 3. The van der Waals surface area contributed by atoms with E-state index in [1.54, 1.807) is 33.8 Å². The molecule has 1 amide bonds. The van der Waals surface area contributed by atoms with Crippen LogP contribution in [0.5, 0.6) is 0 Å². The van der Waals surface area contributed by atoms with Crippen molar-refractivity contribution in [2.24, 2.45) is 5.41 Å². The van der Waals surface area contributed by atoms with E-state index in [0.29, 0.717) is 35.6 Å². The maximum Gasteiger partial charge on any atom is 0.407 e. The van der Waals surface area contributed by atoms with Crippen molar-refractivity contribution in [3.05, 3.63) is 94.8 Å². The van der Waals surface area contributed by atoms with Gasteiger partial charge in [0.15, 0.2) is 0 Å². The van der Waals surface area contributed by atoms with Gasteiger partial charge in [-0.25, -0.2) is 9.18 Å². The summed E-state index contributed by atoms with van der Waals surface area (Å²) in [6.07, 6.45) is 0.849. The summed E-state index contributed by atoms with van der Waals surface area (Å²) in [6.45, 7) is 9.78. The first-order valence-electron chi connectivity index (χ1n) is 14.2. The van der Waals surface area contributed by atoms with Crippen molar-refractivity contribution in [1.29, 1.82) is 0 Å². The Bertz CT molecular complexity index is 1310. The van der Waals surface area contributed by atoms with Crippen LogP contribution in [-0.4, -0.2) is 36.9 Å². The lowest BCUT2D eigenvalue weighted by molar-refractivity contribution is -0.161. The Balaban J connectivity index is 1.76. The fraction of sp³-hybridized carbons (Fsp3) is 0.412. The van der Waals surface area contributed by atoms with E-state index in [0.717, 1.165) is 11.1 Å². The lowest BCUT2D eigenvalue weighted by atomic mass is 9.82. The number of aryl methyl sites for hydroxylation is 1. The average molecular weight is 598 g/mol. The summed E-state index contributed by atoms with van der Waals surface area (Å²) in [4.78, 5) is 26.2. The minimum atomic E-state index is -1.02. The molecule has 0 radical (unpaired) electrons. The summed E-state index contributed by atoms with van der Waals surface area (Å²) in [5.41, 5.74) is 1.33. The molecule has 3 aromatic carbocycles. The number of hydrogen-bond acceptors (Lipinski definition) is 5. The summed E-state index contributed by atoms with van der Waals surface area (Å²) in [7, 11) is 0. The molecule has 42 heavy (non-hydrogen) atoms. The van der Waals surface area contributed by atoms with Gasteiger partial charge in [0.05, 0.1) is 12.0 Å². The van der Waals surface area contributed by atoms with Crippen molar-refractivity contribution in [3.63, 3.8) is 0 Å². The van der Waals surface area contributed by atoms with Crippen LogP contribution in [0, 0.1) is 11.2 Å². The number of esters is 1. The number of hydrogen-bond donors (Lipinski definition) is 1. The number of halogens is 2. The van der Waals surface area contributed by atoms with Crippen LogP contribution < -0.4 is 5.32 Å². The summed E-state index contributed by atoms with van der Waals surface area (Å²) in [5, 5.41) is 3.43. The Morgan fingerprint density at radius 3 is 2.29 bits per heavy atom. The van der Waals surface area contributed by atoms with Crippen LogP contribution >= 0.6 is 11.6 Å². The van der Waals surface area contributed by atoms with Crippen LogP contribution in [0.3, 0.4) is 0 Å². The summed E-state index contributed by atoms with van der Waals surface area (Å²) >= 11 is 6.07. The second-order valence-corrected chi connectivity index (χ2v) is 12.1. The molecule has 0 heterocycles. The summed E-state index contributed by atoms with van der Waals surface area (Å²) < 4.78 is 31.3. The largest absolute Gasteiger partial charge is 0.460 e. The number of nitrogens with one attached hydrogen (secondary N) is 1. The van der Waals surface area contributed by atoms with Crippen molar-refractivity contribution in [2.45, 2.75) is 72.1 Å². The van der Waals surface area contributed by atoms with Crippen LogP contribution in [0.1, 0.15) is 58.6 Å². The minimum Gasteiger partial charge on any atom is -0.460 e. The number of carbonyl (C=O) groups is 2. The molecule has 8 heteroatoms. The van der Waals surface area contributed by atoms with Crippen molar-refractivity contribution >= 4 is 23.7 Å². The minimum absolute atomic E-state index is 0.142. The first kappa shape index (κ1) is 33.1. The lowest BCUT2D eigenvalue weighted by Gasteiger charge is -2.32. The first-order chi connectivity index (χ1) is 19.9. The topological polar surface area (TPSA) is 73.9 Å². The Morgan fingerprint density at radius 2 is 1.64 bits per heavy atom. The number of carbonyl (C=O) groups excluding carboxylic acids is 2. The van der Waals surface area contributed by atoms with Crippen molar-refractivity contribution in [1.82, 2.24) is 5.32 Å². The third kappa shape index (κ3) is 10.4. The van der Waals surface area contributed by atoms with Crippen LogP contribution in [0.15, 0.2) is 72.8 Å². The van der Waals surface area contributed by atoms with E-state index >= 15 is 0 Å². The van der Waals surface area contributed by atoms with Gasteiger partial charge >= 0.3 is 12.1 Å². The molecule has 0 aromatic heterocycles. The molecule has 3 aromatic rings. The smallest absolute Gasteiger partial charge is 0.407 e. The van der Waals surface area contributed by atoms with Crippen molar-refractivity contribution < 1.29 is 28.2 Å². The van der Waals surface area contributed by atoms with Crippen molar-refractivity contribution in [3.8, 4) is 11.1 Å². The molecule has 0 saturated heterocycles. The van der Waals surface area contributed by atoms with Gasteiger partial charge in [-0.3, -0.25) is 4.79 Å². The third-order valence-corrected chi connectivity index (χ3v) is 6.96. The van der Waals surface area contributed by atoms with Gasteiger partial charge in [0.2, 0.25) is 0 Å². The zero-order chi connectivity index (χ0) is 30.8. The molecule has 1 unspecified atom stereocenters. The molecule has 3 rings (SSSR count). The van der Waals surface area contributed by atoms with E-state index in [1.807, 2.05) is 61.5 Å². The zero-order valence-electron chi connectivity index (χ0n) is 25.0. The molecule has 1 N–H and O–H groups in total. The van der Waals surface area contributed by atoms with Crippen LogP contribution in [0.25, 0.3) is 11.1 Å². The molecule has 0 saturated carbocycles. The Labute approximate surface area is 253 Å². The monoisotopic (exact) mass is 597 g/mol. The SMILES string of the molecule is CCOCC(C)(C[C@@H](CCc1ccc(-c2cc(Cl)ccc2F)cc1)NC(=O)OC(C)(C)C)C(=O)OCc1ccccc1. The standard InChI is InChI=1S/C34H41ClFNO5/c1-6-40-23-34(5,31(38)41-22-25-10-8-7-9-11-25)21-28(37-32(39)42-33(2,3)4)18-14-24-12-15-26(16-13-24)29-20-27(35)17-19-30(29)36/h7-13,15-17,19-20,28H,6,14,18,21-23H2,1-5H3,(H,37,39)/t28-,34?/m1/s1. The van der Waals surface area contributed by atoms with Gasteiger partial charge in [0, 0.05) is 23.2 Å². The van der Waals surface area contributed by atoms with Gasteiger partial charge in [0.1, 0.15) is 18.0 Å². The van der Waals surface area contributed by atoms with E-state index in [2.05, 4.69) is 5.32 Å². The summed E-state index contributed by atoms with van der Waals surface area (Å²) in [5.74, 6) is -0.745. The molecule has 0 bridgehead atoms.